The Kier molecular flexibility index (Phi) is 3.61. The van der Waals surface area contributed by atoms with Gasteiger partial charge in [0.25, 0.3) is 0 Å². The highest BCUT2D eigenvalue weighted by Gasteiger charge is 2.07. The van der Waals surface area contributed by atoms with Gasteiger partial charge in [-0.25, -0.2) is 4.39 Å². The van der Waals surface area contributed by atoms with Crippen LogP contribution in [0.5, 0.6) is 0 Å². The molecule has 0 amide bonds. The molecule has 1 atom stereocenters. The minimum absolute atomic E-state index is 0.166. The molecule has 0 spiro atoms. The van der Waals surface area contributed by atoms with Crippen molar-refractivity contribution < 1.29 is 4.39 Å². The number of fused-ring (bicyclic) bond motifs is 1. The van der Waals surface area contributed by atoms with Crippen LogP contribution in [0.1, 0.15) is 24.1 Å². The topological polar surface area (TPSA) is 12.0 Å². The first-order valence-electron chi connectivity index (χ1n) is 7.15. The van der Waals surface area contributed by atoms with Gasteiger partial charge >= 0.3 is 0 Å². The van der Waals surface area contributed by atoms with Gasteiger partial charge in [0.15, 0.2) is 0 Å². The van der Waals surface area contributed by atoms with Gasteiger partial charge in [0.1, 0.15) is 5.82 Å². The average molecular weight is 279 g/mol. The van der Waals surface area contributed by atoms with Crippen LogP contribution in [0.3, 0.4) is 0 Å². The van der Waals surface area contributed by atoms with Crippen LogP contribution >= 0.6 is 0 Å². The second-order valence-electron chi connectivity index (χ2n) is 5.44. The van der Waals surface area contributed by atoms with Gasteiger partial charge < -0.3 is 5.32 Å². The Morgan fingerprint density at radius 1 is 0.905 bits per heavy atom. The van der Waals surface area contributed by atoms with Gasteiger partial charge in [-0.1, -0.05) is 36.4 Å². The summed E-state index contributed by atoms with van der Waals surface area (Å²) in [6, 6.07) is 20.1. The van der Waals surface area contributed by atoms with Gasteiger partial charge in [-0.2, -0.15) is 0 Å². The first-order valence-corrected chi connectivity index (χ1v) is 7.15. The zero-order valence-corrected chi connectivity index (χ0v) is 12.2. The molecule has 0 aliphatic heterocycles. The molecule has 0 radical (unpaired) electrons. The van der Waals surface area contributed by atoms with Crippen molar-refractivity contribution in [2.75, 3.05) is 5.32 Å². The second-order valence-corrected chi connectivity index (χ2v) is 5.44. The lowest BCUT2D eigenvalue weighted by atomic mass is 10.0. The second kappa shape index (κ2) is 5.57. The van der Waals surface area contributed by atoms with E-state index in [1.807, 2.05) is 18.2 Å². The van der Waals surface area contributed by atoms with Crippen molar-refractivity contribution in [1.82, 2.24) is 0 Å². The molecule has 106 valence electrons. The third-order valence-electron chi connectivity index (χ3n) is 3.81. The zero-order valence-electron chi connectivity index (χ0n) is 12.2. The van der Waals surface area contributed by atoms with Crippen LogP contribution in [0.15, 0.2) is 60.7 Å². The fourth-order valence-electron chi connectivity index (χ4n) is 2.54. The van der Waals surface area contributed by atoms with Gasteiger partial charge in [-0.15, -0.1) is 0 Å². The maximum absolute atomic E-state index is 13.3. The van der Waals surface area contributed by atoms with E-state index in [1.54, 1.807) is 13.0 Å². The predicted octanol–water partition coefficient (Wildman–Crippen LogP) is 5.46. The highest BCUT2D eigenvalue weighted by atomic mass is 19.1. The van der Waals surface area contributed by atoms with Crippen molar-refractivity contribution >= 4 is 16.5 Å². The molecule has 0 aliphatic rings. The summed E-state index contributed by atoms with van der Waals surface area (Å²) in [5, 5.41) is 5.90. The van der Waals surface area contributed by atoms with E-state index in [0.29, 0.717) is 5.56 Å². The summed E-state index contributed by atoms with van der Waals surface area (Å²) in [6.07, 6.45) is 0. The lowest BCUT2D eigenvalue weighted by Crippen LogP contribution is -2.06. The molecule has 0 aliphatic carbocycles. The summed E-state index contributed by atoms with van der Waals surface area (Å²) >= 11 is 0. The highest BCUT2D eigenvalue weighted by Crippen LogP contribution is 2.24. The molecule has 1 unspecified atom stereocenters. The number of aryl methyl sites for hydroxylation is 1. The summed E-state index contributed by atoms with van der Waals surface area (Å²) in [7, 11) is 0. The van der Waals surface area contributed by atoms with Crippen LogP contribution in [0, 0.1) is 12.7 Å². The molecule has 0 heterocycles. The van der Waals surface area contributed by atoms with Gasteiger partial charge in [0.2, 0.25) is 0 Å². The molecular formula is C19H18FN. The van der Waals surface area contributed by atoms with Gasteiger partial charge in [0, 0.05) is 11.7 Å². The SMILES string of the molecule is Cc1cc(NC(C)c2ccc3ccccc3c2)ccc1F. The molecule has 0 aromatic heterocycles. The predicted molar refractivity (Wildman–Crippen MR) is 87.1 cm³/mol. The maximum atomic E-state index is 13.3. The Morgan fingerprint density at radius 3 is 2.43 bits per heavy atom. The summed E-state index contributed by atoms with van der Waals surface area (Å²) < 4.78 is 13.3. The largest absolute Gasteiger partial charge is 0.379 e. The third-order valence-corrected chi connectivity index (χ3v) is 3.81. The van der Waals surface area contributed by atoms with Crippen LogP contribution in [-0.4, -0.2) is 0 Å². The molecular weight excluding hydrogens is 261 g/mol. The third kappa shape index (κ3) is 2.89. The van der Waals surface area contributed by atoms with Crippen molar-refractivity contribution in [3.05, 3.63) is 77.6 Å². The summed E-state index contributed by atoms with van der Waals surface area (Å²) in [4.78, 5) is 0. The highest BCUT2D eigenvalue weighted by molar-refractivity contribution is 5.83. The van der Waals surface area contributed by atoms with Crippen molar-refractivity contribution in [3.8, 4) is 0 Å². The molecule has 1 N–H and O–H groups in total. The minimum atomic E-state index is -0.168. The normalized spacial score (nSPS) is 12.3. The van der Waals surface area contributed by atoms with Crippen molar-refractivity contribution in [2.24, 2.45) is 0 Å². The Morgan fingerprint density at radius 2 is 1.67 bits per heavy atom. The van der Waals surface area contributed by atoms with Crippen LogP contribution < -0.4 is 5.32 Å². The maximum Gasteiger partial charge on any atom is 0.126 e. The van der Waals surface area contributed by atoms with E-state index in [-0.39, 0.29) is 11.9 Å². The molecule has 0 saturated carbocycles. The quantitative estimate of drug-likeness (QED) is 0.671. The molecule has 2 heteroatoms. The number of hydrogen-bond acceptors (Lipinski definition) is 1. The number of nitrogens with one attached hydrogen (secondary N) is 1. The van der Waals surface area contributed by atoms with Gasteiger partial charge in [-0.05, 0) is 60.0 Å². The molecule has 0 bridgehead atoms. The van der Waals surface area contributed by atoms with Gasteiger partial charge in [0.05, 0.1) is 0 Å². The summed E-state index contributed by atoms with van der Waals surface area (Å²) in [5.41, 5.74) is 2.82. The fourth-order valence-corrected chi connectivity index (χ4v) is 2.54. The van der Waals surface area contributed by atoms with E-state index < -0.39 is 0 Å². The molecule has 3 aromatic rings. The summed E-state index contributed by atoms with van der Waals surface area (Å²) in [6.45, 7) is 3.89. The van der Waals surface area contributed by atoms with Crippen LogP contribution in [0.2, 0.25) is 0 Å². The van der Waals surface area contributed by atoms with Crippen molar-refractivity contribution in [2.45, 2.75) is 19.9 Å². The Bertz CT molecular complexity index is 779. The Hall–Kier alpha value is -2.35. The van der Waals surface area contributed by atoms with Crippen LogP contribution in [-0.2, 0) is 0 Å². The lowest BCUT2D eigenvalue weighted by molar-refractivity contribution is 0.618. The number of rotatable bonds is 3. The minimum Gasteiger partial charge on any atom is -0.379 e. The average Bonchev–Trinajstić information content (AvgIpc) is 2.50. The number of benzene rings is 3. The molecule has 0 fully saturated rings. The Labute approximate surface area is 124 Å². The Balaban J connectivity index is 1.85. The number of anilines is 1. The summed E-state index contributed by atoms with van der Waals surface area (Å²) in [5.74, 6) is -0.168. The van der Waals surface area contributed by atoms with Gasteiger partial charge in [-0.3, -0.25) is 0 Å². The fraction of sp³-hybridized carbons (Fsp3) is 0.158. The van der Waals surface area contributed by atoms with Crippen molar-refractivity contribution in [3.63, 3.8) is 0 Å². The van der Waals surface area contributed by atoms with E-state index in [4.69, 9.17) is 0 Å². The van der Waals surface area contributed by atoms with Crippen LogP contribution in [0.4, 0.5) is 10.1 Å². The van der Waals surface area contributed by atoms with E-state index in [0.717, 1.165) is 5.69 Å². The molecule has 21 heavy (non-hydrogen) atoms. The molecule has 3 rings (SSSR count). The molecule has 3 aromatic carbocycles. The van der Waals surface area contributed by atoms with Crippen molar-refractivity contribution in [1.29, 1.82) is 0 Å². The number of halogens is 1. The lowest BCUT2D eigenvalue weighted by Gasteiger charge is -2.17. The zero-order chi connectivity index (χ0) is 14.8. The van der Waals surface area contributed by atoms with E-state index >= 15 is 0 Å². The molecule has 1 nitrogen and oxygen atoms in total. The smallest absolute Gasteiger partial charge is 0.126 e. The first-order chi connectivity index (χ1) is 10.1. The first kappa shape index (κ1) is 13.6. The monoisotopic (exact) mass is 279 g/mol. The molecule has 0 saturated heterocycles. The standard InChI is InChI=1S/C19H18FN/c1-13-11-18(9-10-19(13)20)21-14(2)16-8-7-15-5-3-4-6-17(15)12-16/h3-12,14,21H,1-2H3. The van der Waals surface area contributed by atoms with E-state index in [9.17, 15) is 4.39 Å². The van der Waals surface area contributed by atoms with Crippen LogP contribution in [0.25, 0.3) is 10.8 Å². The van der Waals surface area contributed by atoms with E-state index in [1.165, 1.54) is 22.4 Å². The number of hydrogen-bond donors (Lipinski definition) is 1. The van der Waals surface area contributed by atoms with E-state index in [2.05, 4.69) is 42.6 Å².